The van der Waals surface area contributed by atoms with Gasteiger partial charge >= 0.3 is 7.82 Å². The fraction of sp³-hybridized carbons (Fsp3) is 0.250. The van der Waals surface area contributed by atoms with E-state index in [9.17, 15) is 19.7 Å². The van der Waals surface area contributed by atoms with E-state index in [1.165, 1.54) is 24.3 Å². The third-order valence-electron chi connectivity index (χ3n) is 3.17. The maximum absolute atomic E-state index is 12.0. The molecule has 0 saturated carbocycles. The minimum atomic E-state index is -4.34. The first kappa shape index (κ1) is 17.5. The predicted octanol–water partition coefficient (Wildman–Crippen LogP) is 3.35. The number of aliphatic hydroxyl groups excluding tert-OH is 2. The maximum atomic E-state index is 12.0. The van der Waals surface area contributed by atoms with Crippen LogP contribution in [0.5, 0.6) is 11.5 Å². The molecular weight excluding hydrogens is 319 g/mol. The Morgan fingerprint density at radius 3 is 1.35 bits per heavy atom. The molecule has 0 bridgehead atoms. The lowest BCUT2D eigenvalue weighted by atomic mass is 10.1. The Morgan fingerprint density at radius 2 is 1.09 bits per heavy atom. The second kappa shape index (κ2) is 7.15. The Kier molecular flexibility index (Phi) is 5.44. The number of hydrogen-bond donors (Lipinski definition) is 3. The van der Waals surface area contributed by atoms with Crippen LogP contribution in [-0.2, 0) is 4.57 Å². The Labute approximate surface area is 134 Å². The quantitative estimate of drug-likeness (QED) is 0.699. The highest BCUT2D eigenvalue weighted by Crippen LogP contribution is 2.44. The molecule has 0 spiro atoms. The molecular formula is C16H19O6P. The van der Waals surface area contributed by atoms with Gasteiger partial charge in [-0.15, -0.1) is 0 Å². The molecule has 124 valence electrons. The summed E-state index contributed by atoms with van der Waals surface area (Å²) in [5.41, 5.74) is 1.33. The van der Waals surface area contributed by atoms with Crippen LogP contribution in [0.2, 0.25) is 0 Å². The molecule has 3 N–H and O–H groups in total. The number of benzene rings is 2. The van der Waals surface area contributed by atoms with Crippen LogP contribution in [0.1, 0.15) is 37.2 Å². The van der Waals surface area contributed by atoms with Gasteiger partial charge in [0.2, 0.25) is 0 Å². The van der Waals surface area contributed by atoms with Crippen molar-refractivity contribution in [1.82, 2.24) is 0 Å². The zero-order valence-corrected chi connectivity index (χ0v) is 13.7. The molecule has 2 aromatic rings. The van der Waals surface area contributed by atoms with E-state index in [0.29, 0.717) is 11.1 Å². The van der Waals surface area contributed by atoms with Gasteiger partial charge in [-0.3, -0.25) is 4.89 Å². The third-order valence-corrected chi connectivity index (χ3v) is 4.05. The van der Waals surface area contributed by atoms with Crippen molar-refractivity contribution in [3.05, 3.63) is 59.7 Å². The zero-order valence-electron chi connectivity index (χ0n) is 12.8. The van der Waals surface area contributed by atoms with E-state index in [2.05, 4.69) is 0 Å². The summed E-state index contributed by atoms with van der Waals surface area (Å²) >= 11 is 0. The lowest BCUT2D eigenvalue weighted by Gasteiger charge is -2.15. The van der Waals surface area contributed by atoms with E-state index in [1.54, 1.807) is 38.1 Å². The first-order valence-electron chi connectivity index (χ1n) is 7.05. The topological polar surface area (TPSA) is 96.2 Å². The molecule has 0 saturated heterocycles. The van der Waals surface area contributed by atoms with Crippen molar-refractivity contribution in [1.29, 1.82) is 0 Å². The van der Waals surface area contributed by atoms with E-state index < -0.39 is 20.0 Å². The molecule has 0 radical (unpaired) electrons. The molecule has 2 atom stereocenters. The molecule has 0 heterocycles. The van der Waals surface area contributed by atoms with Crippen molar-refractivity contribution in [3.8, 4) is 11.5 Å². The molecule has 2 aromatic carbocycles. The van der Waals surface area contributed by atoms with Gasteiger partial charge in [-0.05, 0) is 49.2 Å². The second-order valence-corrected chi connectivity index (χ2v) is 6.44. The summed E-state index contributed by atoms with van der Waals surface area (Å²) in [5.74, 6) is 0.307. The second-order valence-electron chi connectivity index (χ2n) is 5.14. The molecule has 23 heavy (non-hydrogen) atoms. The van der Waals surface area contributed by atoms with E-state index in [4.69, 9.17) is 9.05 Å². The highest BCUT2D eigenvalue weighted by atomic mass is 31.2. The van der Waals surface area contributed by atoms with Gasteiger partial charge in [0.05, 0.1) is 12.2 Å². The lowest BCUT2D eigenvalue weighted by molar-refractivity contribution is 0.199. The summed E-state index contributed by atoms with van der Waals surface area (Å²) in [6.45, 7) is 3.24. The Bertz CT molecular complexity index is 621. The van der Waals surface area contributed by atoms with Crippen LogP contribution in [0, 0.1) is 0 Å². The Morgan fingerprint density at radius 1 is 0.783 bits per heavy atom. The van der Waals surface area contributed by atoms with Gasteiger partial charge in [0.25, 0.3) is 0 Å². The number of phosphoric ester groups is 1. The first-order valence-corrected chi connectivity index (χ1v) is 8.54. The molecule has 0 aliphatic carbocycles. The molecule has 0 aromatic heterocycles. The van der Waals surface area contributed by atoms with Gasteiger partial charge in [0.15, 0.2) is 0 Å². The predicted molar refractivity (Wildman–Crippen MR) is 85.2 cm³/mol. The van der Waals surface area contributed by atoms with Gasteiger partial charge in [-0.2, -0.15) is 0 Å². The minimum absolute atomic E-state index is 0.154. The van der Waals surface area contributed by atoms with E-state index in [0.717, 1.165) is 0 Å². The number of aliphatic hydroxyl groups is 2. The van der Waals surface area contributed by atoms with Crippen LogP contribution in [-0.4, -0.2) is 15.1 Å². The molecule has 6 nitrogen and oxygen atoms in total. The fourth-order valence-electron chi connectivity index (χ4n) is 1.90. The summed E-state index contributed by atoms with van der Waals surface area (Å²) in [4.78, 5) is 9.79. The van der Waals surface area contributed by atoms with Crippen LogP contribution in [0.4, 0.5) is 0 Å². The molecule has 7 heteroatoms. The molecule has 2 unspecified atom stereocenters. The van der Waals surface area contributed by atoms with Gasteiger partial charge in [-0.1, -0.05) is 24.3 Å². The van der Waals surface area contributed by atoms with E-state index >= 15 is 0 Å². The van der Waals surface area contributed by atoms with Crippen molar-refractivity contribution in [2.24, 2.45) is 0 Å². The van der Waals surface area contributed by atoms with Gasteiger partial charge in [-0.25, -0.2) is 4.57 Å². The van der Waals surface area contributed by atoms with E-state index in [-0.39, 0.29) is 11.5 Å². The van der Waals surface area contributed by atoms with Crippen molar-refractivity contribution in [2.45, 2.75) is 26.1 Å². The normalized spacial score (nSPS) is 16.2. The van der Waals surface area contributed by atoms with Crippen LogP contribution in [0.15, 0.2) is 48.5 Å². The van der Waals surface area contributed by atoms with Gasteiger partial charge in [0, 0.05) is 0 Å². The monoisotopic (exact) mass is 338 g/mol. The molecule has 0 amide bonds. The molecule has 0 aliphatic rings. The van der Waals surface area contributed by atoms with Crippen LogP contribution in [0.25, 0.3) is 0 Å². The summed E-state index contributed by atoms with van der Waals surface area (Å²) in [7, 11) is -4.34. The number of rotatable bonds is 6. The van der Waals surface area contributed by atoms with Crippen LogP contribution >= 0.6 is 7.82 Å². The zero-order chi connectivity index (χ0) is 17.0. The lowest BCUT2D eigenvalue weighted by Crippen LogP contribution is -2.00. The first-order chi connectivity index (χ1) is 10.8. The van der Waals surface area contributed by atoms with Crippen molar-refractivity contribution in [3.63, 3.8) is 0 Å². The summed E-state index contributed by atoms with van der Waals surface area (Å²) < 4.78 is 22.0. The summed E-state index contributed by atoms with van der Waals surface area (Å²) in [6, 6.07) is 12.3. The average Bonchev–Trinajstić information content (AvgIpc) is 2.47. The standard InChI is InChI=1S/C16H19O6P/c1-11(17)13-3-7-15(8-4-13)21-23(19,20)22-16-9-5-14(6-10-16)12(2)18/h3-12,17-18H,1-2H3,(H,19,20). The van der Waals surface area contributed by atoms with Crippen LogP contribution < -0.4 is 9.05 Å². The smallest absolute Gasteiger partial charge is 0.395 e. The summed E-state index contributed by atoms with van der Waals surface area (Å²) in [5, 5.41) is 18.8. The Hall–Kier alpha value is -1.85. The molecule has 2 rings (SSSR count). The number of phosphoric acid groups is 1. The third kappa shape index (κ3) is 5.08. The SMILES string of the molecule is CC(O)c1ccc(OP(=O)(O)Oc2ccc(C(C)O)cc2)cc1. The summed E-state index contributed by atoms with van der Waals surface area (Å²) in [6.07, 6.45) is -1.26. The molecule has 0 fully saturated rings. The Balaban J connectivity index is 2.05. The van der Waals surface area contributed by atoms with Gasteiger partial charge in [0.1, 0.15) is 11.5 Å². The van der Waals surface area contributed by atoms with Crippen molar-refractivity contribution in [2.75, 3.05) is 0 Å². The maximum Gasteiger partial charge on any atom is 0.584 e. The number of hydrogen-bond acceptors (Lipinski definition) is 5. The fourth-order valence-corrected chi connectivity index (χ4v) is 2.71. The van der Waals surface area contributed by atoms with Crippen molar-refractivity contribution < 1.29 is 28.7 Å². The molecule has 0 aliphatic heterocycles. The van der Waals surface area contributed by atoms with Crippen LogP contribution in [0.3, 0.4) is 0 Å². The largest absolute Gasteiger partial charge is 0.584 e. The van der Waals surface area contributed by atoms with E-state index in [1.807, 2.05) is 0 Å². The van der Waals surface area contributed by atoms with Gasteiger partial charge < -0.3 is 19.3 Å². The minimum Gasteiger partial charge on any atom is -0.395 e. The highest BCUT2D eigenvalue weighted by Gasteiger charge is 2.25. The van der Waals surface area contributed by atoms with Crippen molar-refractivity contribution >= 4 is 7.82 Å². The highest BCUT2D eigenvalue weighted by molar-refractivity contribution is 7.48. The average molecular weight is 338 g/mol.